The summed E-state index contributed by atoms with van der Waals surface area (Å²) < 4.78 is 5.73. The lowest BCUT2D eigenvalue weighted by Crippen LogP contribution is -2.33. The molecule has 0 spiro atoms. The molecule has 0 N–H and O–H groups in total. The summed E-state index contributed by atoms with van der Waals surface area (Å²) in [5, 5.41) is 0. The van der Waals surface area contributed by atoms with E-state index in [2.05, 4.69) is 0 Å². The summed E-state index contributed by atoms with van der Waals surface area (Å²) in [6.07, 6.45) is 0.765. The second-order valence-electron chi connectivity index (χ2n) is 6.58. The molecular formula is C17H27NO2. The second-order valence-corrected chi connectivity index (χ2v) is 6.58. The summed E-state index contributed by atoms with van der Waals surface area (Å²) in [7, 11) is 4.01. The first kappa shape index (κ1) is 16.5. The van der Waals surface area contributed by atoms with E-state index in [1.807, 2.05) is 77.9 Å². The highest BCUT2D eigenvalue weighted by atomic mass is 16.6. The van der Waals surface area contributed by atoms with Crippen molar-refractivity contribution in [3.05, 3.63) is 29.8 Å². The molecule has 0 aliphatic heterocycles. The third kappa shape index (κ3) is 3.75. The van der Waals surface area contributed by atoms with Crippen molar-refractivity contribution in [1.29, 1.82) is 0 Å². The molecule has 20 heavy (non-hydrogen) atoms. The van der Waals surface area contributed by atoms with Crippen molar-refractivity contribution in [2.45, 2.75) is 46.6 Å². The van der Waals surface area contributed by atoms with Gasteiger partial charge in [0, 0.05) is 19.8 Å². The number of nitrogens with zero attached hydrogens (tertiary/aromatic N) is 1. The lowest BCUT2D eigenvalue weighted by atomic mass is 9.89. The van der Waals surface area contributed by atoms with Gasteiger partial charge in [-0.05, 0) is 51.8 Å². The lowest BCUT2D eigenvalue weighted by Gasteiger charge is -2.31. The standard InChI is InChI=1S/C17H27NO2/c1-8-16(2,3)15(19)20-17(4,5)13-9-11-14(12-10-13)18(6)7/h9-12H,8H2,1-7H3. The summed E-state index contributed by atoms with van der Waals surface area (Å²) in [5.41, 5.74) is 1.07. The van der Waals surface area contributed by atoms with Crippen LogP contribution in [-0.4, -0.2) is 20.1 Å². The van der Waals surface area contributed by atoms with Gasteiger partial charge in [0.1, 0.15) is 5.60 Å². The predicted molar refractivity (Wildman–Crippen MR) is 84.0 cm³/mol. The van der Waals surface area contributed by atoms with Crippen molar-refractivity contribution in [3.63, 3.8) is 0 Å². The molecule has 1 aromatic rings. The summed E-state index contributed by atoms with van der Waals surface area (Å²) in [6, 6.07) is 8.11. The fourth-order valence-corrected chi connectivity index (χ4v) is 1.73. The summed E-state index contributed by atoms with van der Waals surface area (Å²) in [5.74, 6) is -0.151. The SMILES string of the molecule is CCC(C)(C)C(=O)OC(C)(C)c1ccc(N(C)C)cc1. The van der Waals surface area contributed by atoms with E-state index in [0.29, 0.717) is 0 Å². The molecule has 0 fully saturated rings. The van der Waals surface area contributed by atoms with Crippen LogP contribution < -0.4 is 4.90 Å². The number of ether oxygens (including phenoxy) is 1. The minimum atomic E-state index is -0.617. The highest BCUT2D eigenvalue weighted by molar-refractivity contribution is 5.76. The molecule has 3 heteroatoms. The number of benzene rings is 1. The number of hydrogen-bond donors (Lipinski definition) is 0. The van der Waals surface area contributed by atoms with Crippen molar-refractivity contribution in [1.82, 2.24) is 0 Å². The van der Waals surface area contributed by atoms with Gasteiger partial charge in [0.2, 0.25) is 0 Å². The Morgan fingerprint density at radius 3 is 2.00 bits per heavy atom. The first-order valence-corrected chi connectivity index (χ1v) is 7.11. The fourth-order valence-electron chi connectivity index (χ4n) is 1.73. The zero-order valence-corrected chi connectivity index (χ0v) is 13.8. The molecule has 0 radical (unpaired) electrons. The van der Waals surface area contributed by atoms with E-state index in [-0.39, 0.29) is 5.97 Å². The minimum absolute atomic E-state index is 0.151. The van der Waals surface area contributed by atoms with Crippen LogP contribution in [0, 0.1) is 5.41 Å². The fraction of sp³-hybridized carbons (Fsp3) is 0.588. The number of esters is 1. The Labute approximate surface area is 122 Å². The summed E-state index contributed by atoms with van der Waals surface area (Å²) in [4.78, 5) is 14.3. The molecule has 0 atom stereocenters. The van der Waals surface area contributed by atoms with Crippen LogP contribution in [0.2, 0.25) is 0 Å². The monoisotopic (exact) mass is 277 g/mol. The van der Waals surface area contributed by atoms with Gasteiger partial charge in [-0.2, -0.15) is 0 Å². The topological polar surface area (TPSA) is 29.5 Å². The molecule has 0 amide bonds. The van der Waals surface area contributed by atoms with Crippen LogP contribution in [0.5, 0.6) is 0 Å². The van der Waals surface area contributed by atoms with E-state index >= 15 is 0 Å². The van der Waals surface area contributed by atoms with Gasteiger partial charge in [-0.3, -0.25) is 4.79 Å². The molecule has 0 bridgehead atoms. The van der Waals surface area contributed by atoms with Crippen LogP contribution >= 0.6 is 0 Å². The van der Waals surface area contributed by atoms with Gasteiger partial charge in [-0.25, -0.2) is 0 Å². The maximum absolute atomic E-state index is 12.2. The Balaban J connectivity index is 2.91. The minimum Gasteiger partial charge on any atom is -0.454 e. The maximum Gasteiger partial charge on any atom is 0.312 e. The van der Waals surface area contributed by atoms with Crippen molar-refractivity contribution < 1.29 is 9.53 Å². The van der Waals surface area contributed by atoms with Crippen molar-refractivity contribution in [2.24, 2.45) is 5.41 Å². The molecule has 3 nitrogen and oxygen atoms in total. The van der Waals surface area contributed by atoms with E-state index in [0.717, 1.165) is 17.7 Å². The number of rotatable bonds is 5. The quantitative estimate of drug-likeness (QED) is 0.763. The van der Waals surface area contributed by atoms with Crippen LogP contribution in [0.4, 0.5) is 5.69 Å². The molecule has 0 aliphatic rings. The normalized spacial score (nSPS) is 12.2. The van der Waals surface area contributed by atoms with Crippen molar-refractivity contribution in [3.8, 4) is 0 Å². The molecule has 0 saturated carbocycles. The van der Waals surface area contributed by atoms with Crippen LogP contribution in [0.3, 0.4) is 0 Å². The Hall–Kier alpha value is -1.51. The highest BCUT2D eigenvalue weighted by Gasteiger charge is 2.33. The Morgan fingerprint density at radius 1 is 1.10 bits per heavy atom. The molecule has 112 valence electrons. The van der Waals surface area contributed by atoms with Crippen molar-refractivity contribution in [2.75, 3.05) is 19.0 Å². The van der Waals surface area contributed by atoms with Gasteiger partial charge in [-0.1, -0.05) is 19.1 Å². The molecule has 1 rings (SSSR count). The zero-order chi connectivity index (χ0) is 15.6. The van der Waals surface area contributed by atoms with Crippen LogP contribution in [0.15, 0.2) is 24.3 Å². The average Bonchev–Trinajstić information content (AvgIpc) is 2.38. The third-order valence-corrected chi connectivity index (χ3v) is 3.86. The number of carbonyl (C=O) groups is 1. The van der Waals surface area contributed by atoms with E-state index in [1.54, 1.807) is 0 Å². The van der Waals surface area contributed by atoms with E-state index < -0.39 is 11.0 Å². The van der Waals surface area contributed by atoms with Crippen LogP contribution in [-0.2, 0) is 15.1 Å². The first-order valence-electron chi connectivity index (χ1n) is 7.11. The number of hydrogen-bond acceptors (Lipinski definition) is 3. The van der Waals surface area contributed by atoms with Gasteiger partial charge in [0.25, 0.3) is 0 Å². The Kier molecular flexibility index (Phi) is 4.85. The molecule has 0 aliphatic carbocycles. The van der Waals surface area contributed by atoms with Gasteiger partial charge >= 0.3 is 5.97 Å². The molecule has 1 aromatic carbocycles. The van der Waals surface area contributed by atoms with Crippen molar-refractivity contribution >= 4 is 11.7 Å². The second kappa shape index (κ2) is 5.86. The molecule has 0 heterocycles. The Morgan fingerprint density at radius 2 is 1.60 bits per heavy atom. The molecule has 0 saturated heterocycles. The van der Waals surface area contributed by atoms with E-state index in [1.165, 1.54) is 0 Å². The van der Waals surface area contributed by atoms with Gasteiger partial charge in [-0.15, -0.1) is 0 Å². The zero-order valence-electron chi connectivity index (χ0n) is 13.8. The Bertz CT molecular complexity index is 458. The maximum atomic E-state index is 12.2. The van der Waals surface area contributed by atoms with Gasteiger partial charge < -0.3 is 9.64 Å². The first-order chi connectivity index (χ1) is 9.10. The largest absolute Gasteiger partial charge is 0.454 e. The number of carbonyl (C=O) groups excluding carboxylic acids is 1. The average molecular weight is 277 g/mol. The lowest BCUT2D eigenvalue weighted by molar-refractivity contribution is -0.168. The van der Waals surface area contributed by atoms with Gasteiger partial charge in [0.05, 0.1) is 5.41 Å². The predicted octanol–water partition coefficient (Wildman–Crippen LogP) is 3.97. The van der Waals surface area contributed by atoms with Gasteiger partial charge in [0.15, 0.2) is 0 Å². The highest BCUT2D eigenvalue weighted by Crippen LogP contribution is 2.31. The smallest absolute Gasteiger partial charge is 0.312 e. The summed E-state index contributed by atoms with van der Waals surface area (Å²) >= 11 is 0. The van der Waals surface area contributed by atoms with E-state index in [9.17, 15) is 4.79 Å². The third-order valence-electron chi connectivity index (χ3n) is 3.86. The number of anilines is 1. The molecular weight excluding hydrogens is 250 g/mol. The summed E-state index contributed by atoms with van der Waals surface area (Å²) in [6.45, 7) is 9.70. The van der Waals surface area contributed by atoms with E-state index in [4.69, 9.17) is 4.74 Å². The molecule has 0 aromatic heterocycles. The molecule has 0 unspecified atom stereocenters. The van der Waals surface area contributed by atoms with Crippen LogP contribution in [0.25, 0.3) is 0 Å². The van der Waals surface area contributed by atoms with Crippen LogP contribution in [0.1, 0.15) is 46.6 Å².